The largest absolute Gasteiger partial charge is 0.396 e. The van der Waals surface area contributed by atoms with Crippen LogP contribution >= 0.6 is 0 Å². The normalized spacial score (nSPS) is 23.0. The quantitative estimate of drug-likeness (QED) is 0.728. The first-order valence-corrected chi connectivity index (χ1v) is 6.02. The molecule has 1 saturated heterocycles. The van der Waals surface area contributed by atoms with E-state index in [1.54, 1.807) is 0 Å². The van der Waals surface area contributed by atoms with E-state index in [1.807, 2.05) is 0 Å². The predicted molar refractivity (Wildman–Crippen MR) is 61.9 cm³/mol. The van der Waals surface area contributed by atoms with Crippen molar-refractivity contribution in [3.8, 4) is 0 Å². The minimum absolute atomic E-state index is 0.0569. The van der Waals surface area contributed by atoms with Crippen molar-refractivity contribution in [1.29, 1.82) is 0 Å². The van der Waals surface area contributed by atoms with Crippen LogP contribution in [0, 0.1) is 11.3 Å². The number of hydrogen-bond donors (Lipinski definition) is 2. The van der Waals surface area contributed by atoms with Crippen LogP contribution in [0.2, 0.25) is 0 Å². The third-order valence-electron chi connectivity index (χ3n) is 3.69. The Balaban J connectivity index is 2.38. The van der Waals surface area contributed by atoms with E-state index in [0.717, 1.165) is 32.6 Å². The van der Waals surface area contributed by atoms with E-state index in [2.05, 4.69) is 26.1 Å². The van der Waals surface area contributed by atoms with Crippen LogP contribution < -0.4 is 5.32 Å². The molecule has 0 bridgehead atoms. The highest BCUT2D eigenvalue weighted by Gasteiger charge is 2.32. The highest BCUT2D eigenvalue weighted by atomic mass is 16.5. The summed E-state index contributed by atoms with van der Waals surface area (Å²) in [6, 6.07) is 0.510. The third-order valence-corrected chi connectivity index (χ3v) is 3.69. The van der Waals surface area contributed by atoms with E-state index < -0.39 is 0 Å². The molecule has 1 heterocycles. The Hall–Kier alpha value is -0.120. The van der Waals surface area contributed by atoms with Crippen LogP contribution in [-0.4, -0.2) is 37.5 Å². The lowest BCUT2D eigenvalue weighted by molar-refractivity contribution is -0.0168. The van der Waals surface area contributed by atoms with Gasteiger partial charge < -0.3 is 15.2 Å². The molecule has 1 rings (SSSR count). The number of aliphatic hydroxyl groups is 1. The molecule has 1 atom stereocenters. The topological polar surface area (TPSA) is 41.5 Å². The molecule has 2 N–H and O–H groups in total. The van der Waals surface area contributed by atoms with Crippen LogP contribution in [0.3, 0.4) is 0 Å². The number of aliphatic hydroxyl groups excluding tert-OH is 1. The first-order chi connectivity index (χ1) is 7.09. The second kappa shape index (κ2) is 5.83. The molecule has 0 aliphatic carbocycles. The molecule has 0 aromatic heterocycles. The Morgan fingerprint density at radius 2 is 1.87 bits per heavy atom. The summed E-state index contributed by atoms with van der Waals surface area (Å²) in [5, 5.41) is 13.0. The van der Waals surface area contributed by atoms with Crippen LogP contribution in [0.5, 0.6) is 0 Å². The van der Waals surface area contributed by atoms with Crippen molar-refractivity contribution in [3.63, 3.8) is 0 Å². The van der Waals surface area contributed by atoms with Crippen molar-refractivity contribution < 1.29 is 9.84 Å². The molecule has 1 aliphatic heterocycles. The molecular formula is C12H25NO2. The second-order valence-corrected chi connectivity index (χ2v) is 5.18. The van der Waals surface area contributed by atoms with Gasteiger partial charge in [0.15, 0.2) is 0 Å². The average molecular weight is 215 g/mol. The molecule has 0 aromatic carbocycles. The SMILES string of the molecule is CC(C)C(C)NCC1(CO)CCOCC1. The Labute approximate surface area is 93.2 Å². The number of hydrogen-bond acceptors (Lipinski definition) is 3. The maximum absolute atomic E-state index is 9.50. The lowest BCUT2D eigenvalue weighted by Gasteiger charge is -2.37. The number of rotatable bonds is 5. The van der Waals surface area contributed by atoms with Gasteiger partial charge in [-0.3, -0.25) is 0 Å². The summed E-state index contributed by atoms with van der Waals surface area (Å²) in [4.78, 5) is 0. The minimum atomic E-state index is 0.0569. The van der Waals surface area contributed by atoms with Crippen molar-refractivity contribution in [2.24, 2.45) is 11.3 Å². The van der Waals surface area contributed by atoms with E-state index in [1.165, 1.54) is 0 Å². The van der Waals surface area contributed by atoms with Crippen molar-refractivity contribution in [2.45, 2.75) is 39.7 Å². The van der Waals surface area contributed by atoms with Gasteiger partial charge >= 0.3 is 0 Å². The van der Waals surface area contributed by atoms with Gasteiger partial charge in [0, 0.05) is 31.2 Å². The van der Waals surface area contributed by atoms with Gasteiger partial charge in [0.05, 0.1) is 6.61 Å². The molecule has 1 unspecified atom stereocenters. The molecule has 1 aliphatic rings. The maximum atomic E-state index is 9.50. The van der Waals surface area contributed by atoms with Gasteiger partial charge in [-0.2, -0.15) is 0 Å². The van der Waals surface area contributed by atoms with Crippen molar-refractivity contribution in [3.05, 3.63) is 0 Å². The first-order valence-electron chi connectivity index (χ1n) is 6.02. The fourth-order valence-corrected chi connectivity index (χ4v) is 1.81. The van der Waals surface area contributed by atoms with Gasteiger partial charge in [0.1, 0.15) is 0 Å². The predicted octanol–water partition coefficient (Wildman–Crippen LogP) is 1.41. The Morgan fingerprint density at radius 1 is 1.27 bits per heavy atom. The van der Waals surface area contributed by atoms with E-state index in [0.29, 0.717) is 12.0 Å². The lowest BCUT2D eigenvalue weighted by Crippen LogP contribution is -2.45. The van der Waals surface area contributed by atoms with Crippen LogP contribution in [0.15, 0.2) is 0 Å². The summed E-state index contributed by atoms with van der Waals surface area (Å²) in [6.07, 6.45) is 1.95. The molecule has 0 saturated carbocycles. The summed E-state index contributed by atoms with van der Waals surface area (Å²) < 4.78 is 5.34. The van der Waals surface area contributed by atoms with Crippen molar-refractivity contribution in [1.82, 2.24) is 5.32 Å². The summed E-state index contributed by atoms with van der Waals surface area (Å²) in [6.45, 7) is 9.40. The van der Waals surface area contributed by atoms with Gasteiger partial charge in [0.25, 0.3) is 0 Å². The molecule has 0 amide bonds. The van der Waals surface area contributed by atoms with E-state index in [9.17, 15) is 5.11 Å². The van der Waals surface area contributed by atoms with Gasteiger partial charge in [-0.25, -0.2) is 0 Å². The van der Waals surface area contributed by atoms with Gasteiger partial charge in [-0.1, -0.05) is 13.8 Å². The third kappa shape index (κ3) is 3.74. The molecule has 0 radical (unpaired) electrons. The lowest BCUT2D eigenvalue weighted by atomic mass is 9.80. The summed E-state index contributed by atoms with van der Waals surface area (Å²) in [7, 11) is 0. The monoisotopic (exact) mass is 215 g/mol. The maximum Gasteiger partial charge on any atom is 0.0501 e. The molecule has 3 heteroatoms. The summed E-state index contributed by atoms with van der Waals surface area (Å²) in [5.41, 5.74) is 0.0569. The number of nitrogens with one attached hydrogen (secondary N) is 1. The zero-order chi connectivity index (χ0) is 11.3. The molecular weight excluding hydrogens is 190 g/mol. The Kier molecular flexibility index (Phi) is 5.03. The fraction of sp³-hybridized carbons (Fsp3) is 1.00. The van der Waals surface area contributed by atoms with Crippen LogP contribution in [0.1, 0.15) is 33.6 Å². The first kappa shape index (κ1) is 12.9. The summed E-state index contributed by atoms with van der Waals surface area (Å²) in [5.74, 6) is 0.639. The molecule has 0 spiro atoms. The zero-order valence-corrected chi connectivity index (χ0v) is 10.3. The molecule has 1 fully saturated rings. The Bertz CT molecular complexity index is 176. The highest BCUT2D eigenvalue weighted by Crippen LogP contribution is 2.29. The molecule has 0 aromatic rings. The standard InChI is InChI=1S/C12H25NO2/c1-10(2)11(3)13-8-12(9-14)4-6-15-7-5-12/h10-11,13-14H,4-9H2,1-3H3. The smallest absolute Gasteiger partial charge is 0.0501 e. The highest BCUT2D eigenvalue weighted by molar-refractivity contribution is 4.84. The van der Waals surface area contributed by atoms with Crippen LogP contribution in [0.25, 0.3) is 0 Å². The summed E-state index contributed by atoms with van der Waals surface area (Å²) >= 11 is 0. The zero-order valence-electron chi connectivity index (χ0n) is 10.3. The number of ether oxygens (including phenoxy) is 1. The Morgan fingerprint density at radius 3 is 2.33 bits per heavy atom. The average Bonchev–Trinajstić information content (AvgIpc) is 2.27. The van der Waals surface area contributed by atoms with Crippen molar-refractivity contribution in [2.75, 3.05) is 26.4 Å². The molecule has 15 heavy (non-hydrogen) atoms. The van der Waals surface area contributed by atoms with E-state index in [4.69, 9.17) is 4.74 Å². The molecule has 90 valence electrons. The van der Waals surface area contributed by atoms with Gasteiger partial charge in [0.2, 0.25) is 0 Å². The van der Waals surface area contributed by atoms with Gasteiger partial charge in [-0.15, -0.1) is 0 Å². The van der Waals surface area contributed by atoms with Crippen molar-refractivity contribution >= 4 is 0 Å². The minimum Gasteiger partial charge on any atom is -0.396 e. The second-order valence-electron chi connectivity index (χ2n) is 5.18. The molecule has 3 nitrogen and oxygen atoms in total. The van der Waals surface area contributed by atoms with Gasteiger partial charge in [-0.05, 0) is 25.7 Å². The van der Waals surface area contributed by atoms with E-state index in [-0.39, 0.29) is 12.0 Å². The van der Waals surface area contributed by atoms with Crippen LogP contribution in [0.4, 0.5) is 0 Å². The van der Waals surface area contributed by atoms with E-state index >= 15 is 0 Å². The fourth-order valence-electron chi connectivity index (χ4n) is 1.81. The van der Waals surface area contributed by atoms with Crippen LogP contribution in [-0.2, 0) is 4.74 Å².